The lowest BCUT2D eigenvalue weighted by Crippen LogP contribution is -2.52. The zero-order valence-electron chi connectivity index (χ0n) is 19.8. The molecule has 1 aliphatic rings. The van der Waals surface area contributed by atoms with Crippen molar-refractivity contribution in [2.75, 3.05) is 12.9 Å². The highest BCUT2D eigenvalue weighted by Crippen LogP contribution is 2.21. The summed E-state index contributed by atoms with van der Waals surface area (Å²) in [6.07, 6.45) is 6.19. The molecule has 0 heterocycles. The molecule has 1 N–H and O–H groups in total. The Morgan fingerprint density at radius 2 is 1.79 bits per heavy atom. The van der Waals surface area contributed by atoms with Gasteiger partial charge in [-0.15, -0.1) is 11.8 Å². The van der Waals surface area contributed by atoms with Crippen LogP contribution in [-0.4, -0.2) is 41.7 Å². The van der Waals surface area contributed by atoms with E-state index in [1.54, 1.807) is 23.8 Å². The van der Waals surface area contributed by atoms with Crippen LogP contribution in [0.3, 0.4) is 0 Å². The van der Waals surface area contributed by atoms with Crippen molar-refractivity contribution in [3.05, 3.63) is 65.7 Å². The van der Waals surface area contributed by atoms with E-state index in [1.807, 2.05) is 49.4 Å². The topological polar surface area (TPSA) is 58.6 Å². The lowest BCUT2D eigenvalue weighted by molar-refractivity contribution is -0.139. The fourth-order valence-electron chi connectivity index (χ4n) is 4.34. The number of nitrogens with zero attached hydrogens (tertiary/aromatic N) is 1. The molecule has 1 aliphatic carbocycles. The third kappa shape index (κ3) is 7.81. The number of nitrogens with one attached hydrogen (secondary N) is 1. The molecule has 1 atom stereocenters. The zero-order valence-corrected chi connectivity index (χ0v) is 20.6. The fraction of sp³-hybridized carbons (Fsp3) is 0.481. The molecular formula is C27H36N2O3S. The highest BCUT2D eigenvalue weighted by Gasteiger charge is 2.30. The average Bonchev–Trinajstić information content (AvgIpc) is 2.85. The molecule has 3 rings (SSSR count). The van der Waals surface area contributed by atoms with E-state index in [9.17, 15) is 9.59 Å². The van der Waals surface area contributed by atoms with Gasteiger partial charge in [-0.25, -0.2) is 0 Å². The van der Waals surface area contributed by atoms with E-state index in [4.69, 9.17) is 4.74 Å². The Kier molecular flexibility index (Phi) is 10.1. The Balaban J connectivity index is 1.71. The Morgan fingerprint density at radius 3 is 2.48 bits per heavy atom. The number of amides is 2. The van der Waals surface area contributed by atoms with Gasteiger partial charge in [0, 0.05) is 18.3 Å². The minimum Gasteiger partial charge on any atom is -0.497 e. The second-order valence-electron chi connectivity index (χ2n) is 8.62. The molecule has 2 aromatic carbocycles. The van der Waals surface area contributed by atoms with E-state index in [0.717, 1.165) is 42.7 Å². The average molecular weight is 469 g/mol. The lowest BCUT2D eigenvalue weighted by Gasteiger charge is -2.32. The van der Waals surface area contributed by atoms with Gasteiger partial charge in [-0.3, -0.25) is 9.59 Å². The van der Waals surface area contributed by atoms with Gasteiger partial charge in [-0.2, -0.15) is 0 Å². The number of thioether (sulfide) groups is 1. The number of hydrogen-bond acceptors (Lipinski definition) is 4. The van der Waals surface area contributed by atoms with Crippen LogP contribution in [0.4, 0.5) is 0 Å². The van der Waals surface area contributed by atoms with Crippen molar-refractivity contribution in [2.45, 2.75) is 69.8 Å². The van der Waals surface area contributed by atoms with Crippen LogP contribution < -0.4 is 10.1 Å². The molecule has 178 valence electrons. The van der Waals surface area contributed by atoms with Crippen LogP contribution in [0.15, 0.2) is 54.6 Å². The summed E-state index contributed by atoms with van der Waals surface area (Å²) in [6.45, 7) is 2.37. The molecule has 0 unspecified atom stereocenters. The van der Waals surface area contributed by atoms with Gasteiger partial charge in [0.15, 0.2) is 0 Å². The molecule has 6 heteroatoms. The van der Waals surface area contributed by atoms with E-state index >= 15 is 0 Å². The van der Waals surface area contributed by atoms with E-state index < -0.39 is 6.04 Å². The summed E-state index contributed by atoms with van der Waals surface area (Å²) in [5.41, 5.74) is 2.15. The highest BCUT2D eigenvalue weighted by atomic mass is 32.2. The molecule has 2 aromatic rings. The maximum Gasteiger partial charge on any atom is 0.243 e. The fourth-order valence-corrected chi connectivity index (χ4v) is 5.22. The van der Waals surface area contributed by atoms with Crippen molar-refractivity contribution in [3.63, 3.8) is 0 Å². The van der Waals surface area contributed by atoms with Crippen molar-refractivity contribution in [2.24, 2.45) is 0 Å². The number of carbonyl (C=O) groups excluding carboxylic acids is 2. The third-order valence-corrected chi connectivity index (χ3v) is 7.15. The van der Waals surface area contributed by atoms with Crippen molar-refractivity contribution < 1.29 is 14.3 Å². The van der Waals surface area contributed by atoms with Crippen molar-refractivity contribution >= 4 is 23.6 Å². The molecule has 0 aliphatic heterocycles. The summed E-state index contributed by atoms with van der Waals surface area (Å²) < 4.78 is 5.36. The van der Waals surface area contributed by atoms with Crippen LogP contribution in [0.25, 0.3) is 0 Å². The Hall–Kier alpha value is -2.47. The van der Waals surface area contributed by atoms with Gasteiger partial charge in [0.1, 0.15) is 11.8 Å². The first kappa shape index (κ1) is 25.2. The first-order valence-electron chi connectivity index (χ1n) is 11.9. The molecule has 1 fully saturated rings. The van der Waals surface area contributed by atoms with Crippen molar-refractivity contribution in [1.82, 2.24) is 10.2 Å². The largest absolute Gasteiger partial charge is 0.497 e. The van der Waals surface area contributed by atoms with Crippen molar-refractivity contribution in [1.29, 1.82) is 0 Å². The quantitative estimate of drug-likeness (QED) is 0.493. The summed E-state index contributed by atoms with van der Waals surface area (Å²) >= 11 is 1.59. The van der Waals surface area contributed by atoms with E-state index in [2.05, 4.69) is 17.4 Å². The predicted octanol–water partition coefficient (Wildman–Crippen LogP) is 5.18. The first-order chi connectivity index (χ1) is 16.1. The number of ether oxygens (including phenoxy) is 1. The molecule has 0 saturated heterocycles. The van der Waals surface area contributed by atoms with E-state index in [0.29, 0.717) is 18.7 Å². The van der Waals surface area contributed by atoms with Gasteiger partial charge in [0.05, 0.1) is 12.9 Å². The minimum absolute atomic E-state index is 0.00982. The van der Waals surface area contributed by atoms with Gasteiger partial charge < -0.3 is 15.0 Å². The van der Waals surface area contributed by atoms with Gasteiger partial charge in [-0.1, -0.05) is 68.7 Å². The number of benzene rings is 2. The maximum atomic E-state index is 13.4. The Bertz CT molecular complexity index is 884. The summed E-state index contributed by atoms with van der Waals surface area (Å²) in [6, 6.07) is 17.6. The van der Waals surface area contributed by atoms with Crippen LogP contribution in [0.2, 0.25) is 0 Å². The molecule has 1 saturated carbocycles. The van der Waals surface area contributed by atoms with Gasteiger partial charge >= 0.3 is 0 Å². The van der Waals surface area contributed by atoms with Gasteiger partial charge in [0.2, 0.25) is 11.8 Å². The summed E-state index contributed by atoms with van der Waals surface area (Å²) in [5.74, 6) is 1.81. The highest BCUT2D eigenvalue weighted by molar-refractivity contribution is 7.99. The summed E-state index contributed by atoms with van der Waals surface area (Å²) in [5, 5.41) is 3.23. The second-order valence-corrected chi connectivity index (χ2v) is 9.60. The smallest absolute Gasteiger partial charge is 0.243 e. The SMILES string of the molecule is CC[C@@H](C(=O)NC1CCCCC1)N(Cc1cccc(OC)c1)C(=O)CSCc1ccccc1. The number of rotatable bonds is 11. The zero-order chi connectivity index (χ0) is 23.5. The van der Waals surface area contributed by atoms with Gasteiger partial charge in [-0.05, 0) is 42.5 Å². The summed E-state index contributed by atoms with van der Waals surface area (Å²) in [7, 11) is 1.63. The molecule has 5 nitrogen and oxygen atoms in total. The van der Waals surface area contributed by atoms with Crippen LogP contribution in [0.1, 0.15) is 56.6 Å². The Morgan fingerprint density at radius 1 is 1.06 bits per heavy atom. The van der Waals surface area contributed by atoms with Crippen LogP contribution in [-0.2, 0) is 21.9 Å². The molecule has 0 radical (unpaired) electrons. The van der Waals surface area contributed by atoms with Crippen LogP contribution in [0, 0.1) is 0 Å². The van der Waals surface area contributed by atoms with E-state index in [1.165, 1.54) is 12.0 Å². The predicted molar refractivity (Wildman–Crippen MR) is 135 cm³/mol. The van der Waals surface area contributed by atoms with E-state index in [-0.39, 0.29) is 17.9 Å². The minimum atomic E-state index is -0.483. The summed E-state index contributed by atoms with van der Waals surface area (Å²) in [4.78, 5) is 28.4. The Labute approximate surface area is 202 Å². The molecule has 2 amide bonds. The molecule has 0 bridgehead atoms. The molecule has 0 aromatic heterocycles. The van der Waals surface area contributed by atoms with Gasteiger partial charge in [0.25, 0.3) is 0 Å². The van der Waals surface area contributed by atoms with Crippen LogP contribution in [0.5, 0.6) is 5.75 Å². The normalized spacial score (nSPS) is 15.0. The first-order valence-corrected chi connectivity index (χ1v) is 13.1. The number of hydrogen-bond donors (Lipinski definition) is 1. The van der Waals surface area contributed by atoms with Crippen LogP contribution >= 0.6 is 11.8 Å². The van der Waals surface area contributed by atoms with Crippen molar-refractivity contribution in [3.8, 4) is 5.75 Å². The maximum absolute atomic E-state index is 13.4. The standard InChI is InChI=1S/C27H36N2O3S/c1-3-25(27(31)28-23-14-8-5-9-15-23)29(18-22-13-10-16-24(17-22)32-2)26(30)20-33-19-21-11-6-4-7-12-21/h4,6-7,10-13,16-17,23,25H,3,5,8-9,14-15,18-20H2,1-2H3,(H,28,31)/t25-/m0/s1. The monoisotopic (exact) mass is 468 g/mol. The lowest BCUT2D eigenvalue weighted by atomic mass is 9.95. The number of methoxy groups -OCH3 is 1. The molecule has 0 spiro atoms. The third-order valence-electron chi connectivity index (χ3n) is 6.16. The second kappa shape index (κ2) is 13.3. The molecule has 33 heavy (non-hydrogen) atoms. The number of carbonyl (C=O) groups is 2. The molecular weight excluding hydrogens is 432 g/mol.